The lowest BCUT2D eigenvalue weighted by Gasteiger charge is -2.10. The number of aryl methyl sites for hydroxylation is 1. The van der Waals surface area contributed by atoms with Crippen LogP contribution in [-0.4, -0.2) is 22.1 Å². The summed E-state index contributed by atoms with van der Waals surface area (Å²) < 4.78 is 5.11. The minimum atomic E-state index is 0.142. The molecule has 6 nitrogen and oxygen atoms in total. The van der Waals surface area contributed by atoms with Gasteiger partial charge in [-0.2, -0.15) is 15.0 Å². The second-order valence-electron chi connectivity index (χ2n) is 5.56. The third kappa shape index (κ3) is 4.23. The molecule has 1 aromatic heterocycles. The molecule has 0 saturated carbocycles. The van der Waals surface area contributed by atoms with Crippen LogP contribution in [-0.2, 0) is 11.3 Å². The van der Waals surface area contributed by atoms with Crippen molar-refractivity contribution < 1.29 is 4.74 Å². The lowest BCUT2D eigenvalue weighted by molar-refractivity contribution is 0.185. The molecule has 0 aliphatic carbocycles. The Morgan fingerprint density at radius 1 is 1.08 bits per heavy atom. The van der Waals surface area contributed by atoms with E-state index >= 15 is 0 Å². The molecule has 0 atom stereocenters. The number of nitrogens with one attached hydrogen (secondary N) is 1. The van der Waals surface area contributed by atoms with Gasteiger partial charge in [0, 0.05) is 23.4 Å². The van der Waals surface area contributed by atoms with Gasteiger partial charge in [0.15, 0.2) is 5.82 Å². The molecule has 3 N–H and O–H groups in total. The molecule has 0 aliphatic heterocycles. The number of anilines is 3. The first-order valence-corrected chi connectivity index (χ1v) is 8.06. The zero-order valence-corrected chi connectivity index (χ0v) is 14.7. The number of nitrogens with zero attached hydrogens (tertiary/aromatic N) is 3. The number of ether oxygens (including phenoxy) is 1. The van der Waals surface area contributed by atoms with Gasteiger partial charge in [-0.25, -0.2) is 0 Å². The molecule has 0 unspecified atom stereocenters. The highest BCUT2D eigenvalue weighted by atomic mass is 35.5. The summed E-state index contributed by atoms with van der Waals surface area (Å²) in [5.41, 5.74) is 9.60. The second kappa shape index (κ2) is 7.46. The van der Waals surface area contributed by atoms with Crippen LogP contribution in [0.15, 0.2) is 42.5 Å². The minimum Gasteiger partial charge on any atom is -0.380 e. The Balaban J connectivity index is 1.90. The van der Waals surface area contributed by atoms with Gasteiger partial charge in [0.05, 0.1) is 6.61 Å². The molecule has 3 rings (SSSR count). The summed E-state index contributed by atoms with van der Waals surface area (Å²) in [5.74, 6) is 0.996. The Hall–Kier alpha value is -2.70. The fourth-order valence-electron chi connectivity index (χ4n) is 2.38. The number of hydrogen-bond donors (Lipinski definition) is 2. The standard InChI is InChI=1S/C18H18ClN5O/c1-11-3-6-13(19)9-15(11)16-22-17(20)24-18(23-16)21-14-7-4-12(5-8-14)10-25-2/h3-9H,10H2,1-2H3,(H3,20,21,22,23,24). The van der Waals surface area contributed by atoms with E-state index in [2.05, 4.69) is 20.3 Å². The molecule has 1 heterocycles. The maximum absolute atomic E-state index is 6.09. The van der Waals surface area contributed by atoms with E-state index < -0.39 is 0 Å². The second-order valence-corrected chi connectivity index (χ2v) is 5.99. The monoisotopic (exact) mass is 355 g/mol. The smallest absolute Gasteiger partial charge is 0.232 e. The minimum absolute atomic E-state index is 0.142. The molecule has 7 heteroatoms. The molecule has 128 valence electrons. The number of aromatic nitrogens is 3. The summed E-state index contributed by atoms with van der Waals surface area (Å²) in [6.07, 6.45) is 0. The van der Waals surface area contributed by atoms with Crippen molar-refractivity contribution in [2.45, 2.75) is 13.5 Å². The lowest BCUT2D eigenvalue weighted by Crippen LogP contribution is -2.05. The molecule has 0 bridgehead atoms. The van der Waals surface area contributed by atoms with E-state index in [1.807, 2.05) is 49.4 Å². The van der Waals surface area contributed by atoms with E-state index in [0.29, 0.717) is 23.4 Å². The van der Waals surface area contributed by atoms with Gasteiger partial charge in [0.25, 0.3) is 0 Å². The number of rotatable bonds is 5. The molecule has 3 aromatic rings. The summed E-state index contributed by atoms with van der Waals surface area (Å²) in [4.78, 5) is 12.8. The van der Waals surface area contributed by atoms with E-state index in [0.717, 1.165) is 22.4 Å². The first kappa shape index (κ1) is 17.1. The van der Waals surface area contributed by atoms with Crippen molar-refractivity contribution in [3.63, 3.8) is 0 Å². The highest BCUT2D eigenvalue weighted by Crippen LogP contribution is 2.25. The first-order chi connectivity index (χ1) is 12.0. The van der Waals surface area contributed by atoms with Gasteiger partial charge < -0.3 is 15.8 Å². The van der Waals surface area contributed by atoms with Crippen LogP contribution in [0, 0.1) is 6.92 Å². The zero-order valence-electron chi connectivity index (χ0n) is 14.0. The summed E-state index contributed by atoms with van der Waals surface area (Å²) >= 11 is 6.09. The van der Waals surface area contributed by atoms with Gasteiger partial charge in [0.2, 0.25) is 11.9 Å². The summed E-state index contributed by atoms with van der Waals surface area (Å²) in [6, 6.07) is 13.4. The topological polar surface area (TPSA) is 86.0 Å². The number of nitrogen functional groups attached to an aromatic ring is 1. The van der Waals surface area contributed by atoms with Crippen LogP contribution in [0.2, 0.25) is 5.02 Å². The van der Waals surface area contributed by atoms with Gasteiger partial charge in [-0.15, -0.1) is 0 Å². The molecule has 0 saturated heterocycles. The van der Waals surface area contributed by atoms with Crippen molar-refractivity contribution in [1.82, 2.24) is 15.0 Å². The van der Waals surface area contributed by atoms with Crippen LogP contribution < -0.4 is 11.1 Å². The number of hydrogen-bond acceptors (Lipinski definition) is 6. The van der Waals surface area contributed by atoms with Crippen LogP contribution in [0.5, 0.6) is 0 Å². The molecule has 0 amide bonds. The van der Waals surface area contributed by atoms with Crippen molar-refractivity contribution in [3.05, 3.63) is 58.6 Å². The van der Waals surface area contributed by atoms with E-state index in [1.54, 1.807) is 7.11 Å². The molecule has 0 fully saturated rings. The lowest BCUT2D eigenvalue weighted by atomic mass is 10.1. The van der Waals surface area contributed by atoms with E-state index in [1.165, 1.54) is 0 Å². The van der Waals surface area contributed by atoms with Crippen molar-refractivity contribution in [3.8, 4) is 11.4 Å². The quantitative estimate of drug-likeness (QED) is 0.720. The predicted molar refractivity (Wildman–Crippen MR) is 99.9 cm³/mol. The van der Waals surface area contributed by atoms with E-state index in [4.69, 9.17) is 22.1 Å². The van der Waals surface area contributed by atoms with Crippen molar-refractivity contribution in [2.75, 3.05) is 18.2 Å². The van der Waals surface area contributed by atoms with Gasteiger partial charge >= 0.3 is 0 Å². The van der Waals surface area contributed by atoms with E-state index in [-0.39, 0.29) is 5.95 Å². The molecule has 2 aromatic carbocycles. The number of nitrogens with two attached hydrogens (primary N) is 1. The molecular formula is C18H18ClN5O. The third-order valence-electron chi connectivity index (χ3n) is 3.61. The molecule has 0 radical (unpaired) electrons. The van der Waals surface area contributed by atoms with Crippen molar-refractivity contribution in [2.24, 2.45) is 0 Å². The van der Waals surface area contributed by atoms with Gasteiger partial charge in [-0.3, -0.25) is 0 Å². The predicted octanol–water partition coefficient (Wildman–Crippen LogP) is 3.97. The largest absolute Gasteiger partial charge is 0.380 e. The van der Waals surface area contributed by atoms with Crippen molar-refractivity contribution >= 4 is 29.2 Å². The van der Waals surface area contributed by atoms with Crippen LogP contribution in [0.4, 0.5) is 17.6 Å². The fraction of sp³-hybridized carbons (Fsp3) is 0.167. The Morgan fingerprint density at radius 2 is 1.84 bits per heavy atom. The highest BCUT2D eigenvalue weighted by Gasteiger charge is 2.10. The SMILES string of the molecule is COCc1ccc(Nc2nc(N)nc(-c3cc(Cl)ccc3C)n2)cc1. The molecular weight excluding hydrogens is 338 g/mol. The van der Waals surface area contributed by atoms with Crippen LogP contribution >= 0.6 is 11.6 Å². The normalized spacial score (nSPS) is 10.7. The van der Waals surface area contributed by atoms with Crippen LogP contribution in [0.1, 0.15) is 11.1 Å². The zero-order chi connectivity index (χ0) is 17.8. The van der Waals surface area contributed by atoms with Crippen molar-refractivity contribution in [1.29, 1.82) is 0 Å². The Kier molecular flexibility index (Phi) is 5.11. The Bertz CT molecular complexity index is 883. The van der Waals surface area contributed by atoms with Crippen LogP contribution in [0.3, 0.4) is 0 Å². The number of benzene rings is 2. The highest BCUT2D eigenvalue weighted by molar-refractivity contribution is 6.30. The molecule has 25 heavy (non-hydrogen) atoms. The van der Waals surface area contributed by atoms with Gasteiger partial charge in [0.1, 0.15) is 0 Å². The van der Waals surface area contributed by atoms with E-state index in [9.17, 15) is 0 Å². The summed E-state index contributed by atoms with van der Waals surface area (Å²) in [5, 5.41) is 3.76. The Labute approximate surface area is 151 Å². The average molecular weight is 356 g/mol. The van der Waals surface area contributed by atoms with Gasteiger partial charge in [-0.1, -0.05) is 29.8 Å². The number of methoxy groups -OCH3 is 1. The first-order valence-electron chi connectivity index (χ1n) is 7.68. The summed E-state index contributed by atoms with van der Waals surface area (Å²) in [7, 11) is 1.67. The fourth-order valence-corrected chi connectivity index (χ4v) is 2.56. The third-order valence-corrected chi connectivity index (χ3v) is 3.85. The van der Waals surface area contributed by atoms with Crippen LogP contribution in [0.25, 0.3) is 11.4 Å². The average Bonchev–Trinajstić information content (AvgIpc) is 2.58. The maximum Gasteiger partial charge on any atom is 0.232 e. The van der Waals surface area contributed by atoms with Gasteiger partial charge in [-0.05, 0) is 42.3 Å². The molecule has 0 aliphatic rings. The number of halogens is 1. The maximum atomic E-state index is 6.09. The molecule has 0 spiro atoms. The summed E-state index contributed by atoms with van der Waals surface area (Å²) in [6.45, 7) is 2.53. The Morgan fingerprint density at radius 3 is 2.56 bits per heavy atom.